The highest BCUT2D eigenvalue weighted by molar-refractivity contribution is 5.78. The van der Waals surface area contributed by atoms with Gasteiger partial charge in [0.1, 0.15) is 0 Å². The van der Waals surface area contributed by atoms with Crippen molar-refractivity contribution in [3.63, 3.8) is 0 Å². The summed E-state index contributed by atoms with van der Waals surface area (Å²) in [4.78, 5) is 14.3. The molecule has 2 rings (SSSR count). The van der Waals surface area contributed by atoms with E-state index < -0.39 is 0 Å². The Morgan fingerprint density at radius 3 is 3.00 bits per heavy atom. The number of nitrogens with zero attached hydrogens (tertiary/aromatic N) is 1. The Morgan fingerprint density at radius 1 is 1.43 bits per heavy atom. The van der Waals surface area contributed by atoms with Gasteiger partial charge in [-0.25, -0.2) is 0 Å². The molecular formula is C17H31N3O. The molecule has 0 radical (unpaired) electrons. The molecule has 1 aliphatic carbocycles. The standard InChI is InChI=1S/C17H31N3O/c1-2-20(13-16-9-6-11-18-16)14-17(21)19-12-10-15-7-4-3-5-8-15/h7,16,18H,2-6,8-14H2,1H3,(H,19,21). The predicted molar refractivity (Wildman–Crippen MR) is 87.3 cm³/mol. The molecule has 1 amide bonds. The van der Waals surface area contributed by atoms with Crippen LogP contribution in [0.3, 0.4) is 0 Å². The van der Waals surface area contributed by atoms with Crippen LogP contribution in [0.2, 0.25) is 0 Å². The van der Waals surface area contributed by atoms with Crippen molar-refractivity contribution >= 4 is 5.91 Å². The van der Waals surface area contributed by atoms with E-state index in [0.29, 0.717) is 12.6 Å². The number of allylic oxidation sites excluding steroid dienone is 1. The lowest BCUT2D eigenvalue weighted by atomic mass is 9.97. The third-order valence-electron chi connectivity index (χ3n) is 4.61. The molecule has 0 saturated carbocycles. The van der Waals surface area contributed by atoms with E-state index in [9.17, 15) is 4.79 Å². The van der Waals surface area contributed by atoms with Crippen LogP contribution in [0, 0.1) is 0 Å². The molecule has 0 bridgehead atoms. The van der Waals surface area contributed by atoms with Crippen LogP contribution in [-0.4, -0.2) is 49.6 Å². The lowest BCUT2D eigenvalue weighted by Gasteiger charge is -2.23. The smallest absolute Gasteiger partial charge is 0.234 e. The summed E-state index contributed by atoms with van der Waals surface area (Å²) in [5.41, 5.74) is 1.53. The van der Waals surface area contributed by atoms with Crippen LogP contribution >= 0.6 is 0 Å². The second-order valence-electron chi connectivity index (χ2n) is 6.33. The number of carbonyl (C=O) groups excluding carboxylic acids is 1. The summed E-state index contributed by atoms with van der Waals surface area (Å²) >= 11 is 0. The fourth-order valence-electron chi connectivity index (χ4n) is 3.28. The Morgan fingerprint density at radius 2 is 2.33 bits per heavy atom. The zero-order valence-electron chi connectivity index (χ0n) is 13.5. The average molecular weight is 293 g/mol. The van der Waals surface area contributed by atoms with Gasteiger partial charge in [0.05, 0.1) is 6.54 Å². The largest absolute Gasteiger partial charge is 0.355 e. The van der Waals surface area contributed by atoms with Gasteiger partial charge < -0.3 is 10.6 Å². The van der Waals surface area contributed by atoms with E-state index in [4.69, 9.17) is 0 Å². The SMILES string of the molecule is CCN(CC(=O)NCCC1=CCCCC1)CC1CCCN1. The third kappa shape index (κ3) is 6.18. The van der Waals surface area contributed by atoms with Crippen LogP contribution in [0.5, 0.6) is 0 Å². The molecule has 1 unspecified atom stereocenters. The Labute approximate surface area is 129 Å². The minimum atomic E-state index is 0.172. The van der Waals surface area contributed by atoms with Gasteiger partial charge >= 0.3 is 0 Å². The zero-order valence-corrected chi connectivity index (χ0v) is 13.5. The number of hydrogen-bond donors (Lipinski definition) is 2. The maximum Gasteiger partial charge on any atom is 0.234 e. The van der Waals surface area contributed by atoms with Crippen LogP contribution < -0.4 is 10.6 Å². The molecule has 1 atom stereocenters. The number of hydrogen-bond acceptors (Lipinski definition) is 3. The molecule has 0 aromatic rings. The Bertz CT molecular complexity index is 348. The van der Waals surface area contributed by atoms with E-state index in [1.54, 1.807) is 0 Å². The van der Waals surface area contributed by atoms with Crippen molar-refractivity contribution in [2.75, 3.05) is 32.7 Å². The van der Waals surface area contributed by atoms with Crippen molar-refractivity contribution in [1.29, 1.82) is 0 Å². The summed E-state index contributed by atoms with van der Waals surface area (Å²) in [6.45, 7) is 6.53. The van der Waals surface area contributed by atoms with Gasteiger partial charge in [-0.1, -0.05) is 18.6 Å². The first-order valence-electron chi connectivity index (χ1n) is 8.68. The summed E-state index contributed by atoms with van der Waals surface area (Å²) in [6.07, 6.45) is 11.0. The summed E-state index contributed by atoms with van der Waals surface area (Å²) in [5, 5.41) is 6.58. The first-order valence-corrected chi connectivity index (χ1v) is 8.68. The maximum atomic E-state index is 12.0. The van der Waals surface area contributed by atoms with Crippen LogP contribution in [0.15, 0.2) is 11.6 Å². The molecule has 4 nitrogen and oxygen atoms in total. The molecule has 21 heavy (non-hydrogen) atoms. The maximum absolute atomic E-state index is 12.0. The first-order chi connectivity index (χ1) is 10.3. The van der Waals surface area contributed by atoms with Crippen molar-refractivity contribution in [2.45, 2.75) is 57.9 Å². The molecule has 0 aromatic carbocycles. The highest BCUT2D eigenvalue weighted by atomic mass is 16.2. The number of carbonyl (C=O) groups is 1. The molecule has 0 aromatic heterocycles. The number of amides is 1. The van der Waals surface area contributed by atoms with Crippen LogP contribution in [-0.2, 0) is 4.79 Å². The number of nitrogens with one attached hydrogen (secondary N) is 2. The second-order valence-corrected chi connectivity index (χ2v) is 6.33. The normalized spacial score (nSPS) is 22.4. The summed E-state index contributed by atoms with van der Waals surface area (Å²) < 4.78 is 0. The number of likely N-dealkylation sites (N-methyl/N-ethyl adjacent to an activating group) is 1. The zero-order chi connectivity index (χ0) is 14.9. The minimum absolute atomic E-state index is 0.172. The highest BCUT2D eigenvalue weighted by Gasteiger charge is 2.18. The quantitative estimate of drug-likeness (QED) is 0.673. The van der Waals surface area contributed by atoms with Crippen LogP contribution in [0.1, 0.15) is 51.9 Å². The van der Waals surface area contributed by atoms with Crippen molar-refractivity contribution < 1.29 is 4.79 Å². The van der Waals surface area contributed by atoms with E-state index in [2.05, 4.69) is 28.5 Å². The summed E-state index contributed by atoms with van der Waals surface area (Å²) in [5.74, 6) is 0.172. The molecule has 1 saturated heterocycles. The van der Waals surface area contributed by atoms with E-state index in [1.807, 2.05) is 0 Å². The van der Waals surface area contributed by atoms with Gasteiger partial charge in [0, 0.05) is 19.1 Å². The molecule has 1 aliphatic heterocycles. The first kappa shape index (κ1) is 16.5. The fraction of sp³-hybridized carbons (Fsp3) is 0.824. The lowest BCUT2D eigenvalue weighted by Crippen LogP contribution is -2.43. The number of rotatable bonds is 8. The molecule has 2 aliphatic rings. The monoisotopic (exact) mass is 293 g/mol. The topological polar surface area (TPSA) is 44.4 Å². The molecule has 0 spiro atoms. The van der Waals surface area contributed by atoms with Crippen molar-refractivity contribution in [1.82, 2.24) is 15.5 Å². The van der Waals surface area contributed by atoms with E-state index in [1.165, 1.54) is 44.1 Å². The van der Waals surface area contributed by atoms with Gasteiger partial charge in [-0.05, 0) is 58.0 Å². The van der Waals surface area contributed by atoms with Gasteiger partial charge in [0.15, 0.2) is 0 Å². The Kier molecular flexibility index (Phi) is 7.24. The molecule has 1 fully saturated rings. The molecule has 2 N–H and O–H groups in total. The van der Waals surface area contributed by atoms with E-state index in [0.717, 1.165) is 32.6 Å². The van der Waals surface area contributed by atoms with Gasteiger partial charge in [0.25, 0.3) is 0 Å². The summed E-state index contributed by atoms with van der Waals surface area (Å²) in [7, 11) is 0. The van der Waals surface area contributed by atoms with Gasteiger partial charge in [-0.15, -0.1) is 0 Å². The predicted octanol–water partition coefficient (Wildman–Crippen LogP) is 2.07. The molecular weight excluding hydrogens is 262 g/mol. The highest BCUT2D eigenvalue weighted by Crippen LogP contribution is 2.19. The third-order valence-corrected chi connectivity index (χ3v) is 4.61. The lowest BCUT2D eigenvalue weighted by molar-refractivity contribution is -0.122. The van der Waals surface area contributed by atoms with Crippen molar-refractivity contribution in [2.24, 2.45) is 0 Å². The van der Waals surface area contributed by atoms with E-state index in [-0.39, 0.29) is 5.91 Å². The van der Waals surface area contributed by atoms with Gasteiger partial charge in [-0.3, -0.25) is 9.69 Å². The van der Waals surface area contributed by atoms with Gasteiger partial charge in [0.2, 0.25) is 5.91 Å². The molecule has 4 heteroatoms. The Balaban J connectivity index is 1.61. The van der Waals surface area contributed by atoms with E-state index >= 15 is 0 Å². The Hall–Kier alpha value is -0.870. The van der Waals surface area contributed by atoms with Crippen molar-refractivity contribution in [3.8, 4) is 0 Å². The average Bonchev–Trinajstić information content (AvgIpc) is 3.00. The van der Waals surface area contributed by atoms with Crippen LogP contribution in [0.25, 0.3) is 0 Å². The van der Waals surface area contributed by atoms with Gasteiger partial charge in [-0.2, -0.15) is 0 Å². The fourth-order valence-corrected chi connectivity index (χ4v) is 3.28. The molecule has 120 valence electrons. The second kappa shape index (κ2) is 9.21. The van der Waals surface area contributed by atoms with Crippen LogP contribution in [0.4, 0.5) is 0 Å². The molecule has 1 heterocycles. The van der Waals surface area contributed by atoms with Crippen molar-refractivity contribution in [3.05, 3.63) is 11.6 Å². The summed E-state index contributed by atoms with van der Waals surface area (Å²) in [6, 6.07) is 0.574. The minimum Gasteiger partial charge on any atom is -0.355 e.